The molecule has 0 amide bonds. The fraction of sp³-hybridized carbons (Fsp3) is 0. The van der Waals surface area contributed by atoms with Crippen LogP contribution in [-0.2, 0) is 0 Å². The molecule has 0 atom stereocenters. The molecular formula is C16H9Cl2N3O. The summed E-state index contributed by atoms with van der Waals surface area (Å²) >= 11 is 12.2. The highest BCUT2D eigenvalue weighted by atomic mass is 35.5. The average Bonchev–Trinajstić information content (AvgIpc) is 2.49. The summed E-state index contributed by atoms with van der Waals surface area (Å²) < 4.78 is 1.36. The van der Waals surface area contributed by atoms with E-state index in [4.69, 9.17) is 28.9 Å². The van der Waals surface area contributed by atoms with Crippen LogP contribution in [-0.4, -0.2) is 4.57 Å². The van der Waals surface area contributed by atoms with Gasteiger partial charge in [0.05, 0.1) is 21.9 Å². The zero-order chi connectivity index (χ0) is 15.9. The maximum absolute atomic E-state index is 12.7. The molecule has 22 heavy (non-hydrogen) atoms. The van der Waals surface area contributed by atoms with Crippen LogP contribution in [0.15, 0.2) is 47.3 Å². The van der Waals surface area contributed by atoms with Crippen molar-refractivity contribution in [1.82, 2.24) is 4.57 Å². The van der Waals surface area contributed by atoms with Crippen molar-refractivity contribution in [3.63, 3.8) is 0 Å². The Labute approximate surface area is 135 Å². The predicted molar refractivity (Wildman–Crippen MR) is 88.7 cm³/mol. The largest absolute Gasteiger partial charge is 0.397 e. The Morgan fingerprint density at radius 1 is 1.14 bits per heavy atom. The van der Waals surface area contributed by atoms with E-state index in [1.807, 2.05) is 6.07 Å². The highest BCUT2D eigenvalue weighted by molar-refractivity contribution is 6.32. The number of rotatable bonds is 1. The number of anilines is 1. The lowest BCUT2D eigenvalue weighted by Gasteiger charge is -2.14. The van der Waals surface area contributed by atoms with Crippen molar-refractivity contribution in [3.05, 3.63) is 68.4 Å². The number of hydrogen-bond donors (Lipinski definition) is 1. The molecule has 3 aromatic rings. The normalized spacial score (nSPS) is 10.6. The minimum atomic E-state index is -0.525. The summed E-state index contributed by atoms with van der Waals surface area (Å²) in [6, 6.07) is 13.7. The number of aromatic nitrogens is 1. The maximum atomic E-state index is 12.7. The first-order valence-corrected chi connectivity index (χ1v) is 7.09. The van der Waals surface area contributed by atoms with E-state index in [0.717, 1.165) is 0 Å². The number of fused-ring (bicyclic) bond motifs is 1. The molecule has 0 spiro atoms. The molecule has 1 heterocycles. The number of nitrogens with zero attached hydrogens (tertiary/aromatic N) is 2. The van der Waals surface area contributed by atoms with E-state index in [1.54, 1.807) is 42.5 Å². The smallest absolute Gasteiger partial charge is 0.275 e. The van der Waals surface area contributed by atoms with Crippen LogP contribution in [0.25, 0.3) is 16.6 Å². The molecule has 0 aliphatic carbocycles. The quantitative estimate of drug-likeness (QED) is 0.738. The Morgan fingerprint density at radius 2 is 1.86 bits per heavy atom. The van der Waals surface area contributed by atoms with Crippen LogP contribution in [0.5, 0.6) is 0 Å². The van der Waals surface area contributed by atoms with Crippen molar-refractivity contribution in [3.8, 4) is 11.8 Å². The number of nitrogen functional groups attached to an aromatic ring is 1. The maximum Gasteiger partial charge on any atom is 0.275 e. The van der Waals surface area contributed by atoms with E-state index in [1.165, 1.54) is 4.57 Å². The topological polar surface area (TPSA) is 71.8 Å². The van der Waals surface area contributed by atoms with Crippen LogP contribution < -0.4 is 11.3 Å². The van der Waals surface area contributed by atoms with Crippen molar-refractivity contribution < 1.29 is 0 Å². The molecule has 2 N–H and O–H groups in total. The number of para-hydroxylation sites is 1. The predicted octanol–water partition coefficient (Wildman–Crippen LogP) is 3.75. The third kappa shape index (κ3) is 2.12. The molecule has 0 aliphatic rings. The fourth-order valence-electron chi connectivity index (χ4n) is 2.37. The van der Waals surface area contributed by atoms with Crippen molar-refractivity contribution >= 4 is 39.8 Å². The monoisotopic (exact) mass is 329 g/mol. The first-order valence-electron chi connectivity index (χ1n) is 6.33. The molecule has 2 aromatic carbocycles. The SMILES string of the molecule is N#Cc1c(N)c2ccc(Cl)cc2n(-c2ccccc2Cl)c1=O. The Morgan fingerprint density at radius 3 is 2.55 bits per heavy atom. The number of hydrogen-bond acceptors (Lipinski definition) is 3. The number of halogens is 2. The Balaban J connectivity index is 2.59. The lowest BCUT2D eigenvalue weighted by atomic mass is 10.1. The molecule has 0 radical (unpaired) electrons. The molecular weight excluding hydrogens is 321 g/mol. The average molecular weight is 330 g/mol. The number of nitriles is 1. The van der Waals surface area contributed by atoms with Crippen LogP contribution in [0.4, 0.5) is 5.69 Å². The van der Waals surface area contributed by atoms with Gasteiger partial charge in [-0.15, -0.1) is 0 Å². The first-order chi connectivity index (χ1) is 10.5. The number of nitrogens with two attached hydrogens (primary N) is 1. The van der Waals surface area contributed by atoms with Gasteiger partial charge in [0.2, 0.25) is 0 Å². The minimum absolute atomic E-state index is 0.116. The molecule has 0 saturated carbocycles. The first kappa shape index (κ1) is 14.5. The Kier molecular flexibility index (Phi) is 3.53. The standard InChI is InChI=1S/C16H9Cl2N3O/c17-9-5-6-10-14(7-9)21(13-4-2-1-3-12(13)18)16(22)11(8-19)15(10)20/h1-7H,20H2. The summed E-state index contributed by atoms with van der Waals surface area (Å²) in [5.41, 5.74) is 6.43. The molecule has 0 bridgehead atoms. The zero-order valence-corrected chi connectivity index (χ0v) is 12.7. The van der Waals surface area contributed by atoms with Gasteiger partial charge in [0.25, 0.3) is 5.56 Å². The van der Waals surface area contributed by atoms with Crippen molar-refractivity contribution in [2.75, 3.05) is 5.73 Å². The van der Waals surface area contributed by atoms with Gasteiger partial charge in [-0.05, 0) is 30.3 Å². The summed E-state index contributed by atoms with van der Waals surface area (Å²) in [4.78, 5) is 12.7. The van der Waals surface area contributed by atoms with E-state index in [0.29, 0.717) is 26.6 Å². The van der Waals surface area contributed by atoms with Gasteiger partial charge in [-0.3, -0.25) is 9.36 Å². The molecule has 0 fully saturated rings. The molecule has 0 saturated heterocycles. The molecule has 3 rings (SSSR count). The van der Waals surface area contributed by atoms with Crippen LogP contribution in [0.1, 0.15) is 5.56 Å². The van der Waals surface area contributed by atoms with Gasteiger partial charge >= 0.3 is 0 Å². The lowest BCUT2D eigenvalue weighted by molar-refractivity contribution is 1.04. The van der Waals surface area contributed by atoms with Crippen molar-refractivity contribution in [1.29, 1.82) is 5.26 Å². The van der Waals surface area contributed by atoms with E-state index < -0.39 is 5.56 Å². The molecule has 0 aliphatic heterocycles. The molecule has 0 unspecified atom stereocenters. The summed E-state index contributed by atoms with van der Waals surface area (Å²) in [5, 5.41) is 10.7. The Hall–Kier alpha value is -2.48. The highest BCUT2D eigenvalue weighted by Crippen LogP contribution is 2.29. The van der Waals surface area contributed by atoms with Gasteiger partial charge in [-0.2, -0.15) is 5.26 Å². The van der Waals surface area contributed by atoms with E-state index in [2.05, 4.69) is 0 Å². The minimum Gasteiger partial charge on any atom is -0.397 e. The molecule has 1 aromatic heterocycles. The summed E-state index contributed by atoms with van der Waals surface area (Å²) in [5.74, 6) is 0. The molecule has 108 valence electrons. The van der Waals surface area contributed by atoms with Crippen LogP contribution in [0.2, 0.25) is 10.0 Å². The lowest BCUT2D eigenvalue weighted by Crippen LogP contribution is -2.23. The second-order valence-corrected chi connectivity index (χ2v) is 5.50. The van der Waals surface area contributed by atoms with Crippen LogP contribution in [0.3, 0.4) is 0 Å². The van der Waals surface area contributed by atoms with Gasteiger partial charge in [-0.25, -0.2) is 0 Å². The van der Waals surface area contributed by atoms with Gasteiger partial charge < -0.3 is 5.73 Å². The second kappa shape index (κ2) is 5.38. The zero-order valence-electron chi connectivity index (χ0n) is 11.2. The summed E-state index contributed by atoms with van der Waals surface area (Å²) in [6.45, 7) is 0. The summed E-state index contributed by atoms with van der Waals surface area (Å²) in [7, 11) is 0. The highest BCUT2D eigenvalue weighted by Gasteiger charge is 2.17. The number of benzene rings is 2. The van der Waals surface area contributed by atoms with Gasteiger partial charge in [0.1, 0.15) is 11.6 Å². The van der Waals surface area contributed by atoms with Gasteiger partial charge in [0.15, 0.2) is 0 Å². The Bertz CT molecular complexity index is 1000. The van der Waals surface area contributed by atoms with Gasteiger partial charge in [0, 0.05) is 10.4 Å². The third-order valence-corrected chi connectivity index (χ3v) is 3.94. The fourth-order valence-corrected chi connectivity index (χ4v) is 2.76. The van der Waals surface area contributed by atoms with E-state index >= 15 is 0 Å². The second-order valence-electron chi connectivity index (χ2n) is 4.65. The van der Waals surface area contributed by atoms with Crippen molar-refractivity contribution in [2.45, 2.75) is 0 Å². The van der Waals surface area contributed by atoms with Crippen molar-refractivity contribution in [2.24, 2.45) is 0 Å². The van der Waals surface area contributed by atoms with Gasteiger partial charge in [-0.1, -0.05) is 35.3 Å². The van der Waals surface area contributed by atoms with Crippen LogP contribution >= 0.6 is 23.2 Å². The third-order valence-electron chi connectivity index (χ3n) is 3.38. The molecule has 6 heteroatoms. The molecule has 4 nitrogen and oxygen atoms in total. The van der Waals surface area contributed by atoms with Crippen LogP contribution in [0, 0.1) is 11.3 Å². The van der Waals surface area contributed by atoms with E-state index in [-0.39, 0.29) is 11.3 Å². The van der Waals surface area contributed by atoms with E-state index in [9.17, 15) is 10.1 Å². The summed E-state index contributed by atoms with van der Waals surface area (Å²) in [6.07, 6.45) is 0. The number of pyridine rings is 1.